The molecule has 2 nitrogen and oxygen atoms in total. The summed E-state index contributed by atoms with van der Waals surface area (Å²) in [6.45, 7) is 9.61. The van der Waals surface area contributed by atoms with Crippen LogP contribution in [0, 0.1) is 24.1 Å². The molecule has 16 heavy (non-hydrogen) atoms. The molecular formula is C13H20FNO. The molecule has 0 amide bonds. The molecule has 1 aromatic rings. The SMILES string of the molecule is CC.CC.Cc1cccc(F)c1OCC#N. The van der Waals surface area contributed by atoms with Gasteiger partial charge in [-0.05, 0) is 18.6 Å². The minimum atomic E-state index is -0.426. The lowest BCUT2D eigenvalue weighted by Crippen LogP contribution is -1.97. The Morgan fingerprint density at radius 1 is 1.25 bits per heavy atom. The molecule has 0 spiro atoms. The zero-order chi connectivity index (χ0) is 13.0. The number of rotatable bonds is 2. The van der Waals surface area contributed by atoms with Crippen molar-refractivity contribution in [1.29, 1.82) is 5.26 Å². The van der Waals surface area contributed by atoms with Crippen LogP contribution in [0.1, 0.15) is 33.3 Å². The van der Waals surface area contributed by atoms with Gasteiger partial charge < -0.3 is 4.74 Å². The van der Waals surface area contributed by atoms with Gasteiger partial charge in [0.1, 0.15) is 6.07 Å². The van der Waals surface area contributed by atoms with E-state index in [1.165, 1.54) is 6.07 Å². The Bertz CT molecular complexity index is 298. The van der Waals surface area contributed by atoms with E-state index in [2.05, 4.69) is 0 Å². The molecule has 0 saturated carbocycles. The van der Waals surface area contributed by atoms with Gasteiger partial charge in [0.2, 0.25) is 0 Å². The quantitative estimate of drug-likeness (QED) is 0.759. The maximum absolute atomic E-state index is 12.9. The van der Waals surface area contributed by atoms with Crippen LogP contribution >= 0.6 is 0 Å². The van der Waals surface area contributed by atoms with E-state index in [9.17, 15) is 4.39 Å². The lowest BCUT2D eigenvalue weighted by Gasteiger charge is -2.05. The van der Waals surface area contributed by atoms with E-state index in [1.54, 1.807) is 25.1 Å². The molecule has 1 rings (SSSR count). The first-order valence-electron chi connectivity index (χ1n) is 5.50. The number of para-hydroxylation sites is 1. The Morgan fingerprint density at radius 3 is 2.25 bits per heavy atom. The van der Waals surface area contributed by atoms with E-state index in [0.29, 0.717) is 5.56 Å². The maximum atomic E-state index is 12.9. The molecule has 0 aliphatic carbocycles. The number of hydrogen-bond donors (Lipinski definition) is 0. The predicted molar refractivity (Wildman–Crippen MR) is 64.9 cm³/mol. The van der Waals surface area contributed by atoms with Crippen molar-refractivity contribution in [1.82, 2.24) is 0 Å². The number of ether oxygens (including phenoxy) is 1. The van der Waals surface area contributed by atoms with Crippen molar-refractivity contribution in [3.8, 4) is 11.8 Å². The van der Waals surface area contributed by atoms with E-state index in [-0.39, 0.29) is 12.4 Å². The van der Waals surface area contributed by atoms with Gasteiger partial charge in [-0.15, -0.1) is 0 Å². The van der Waals surface area contributed by atoms with Crippen molar-refractivity contribution in [2.75, 3.05) is 6.61 Å². The second-order valence-corrected chi connectivity index (χ2v) is 2.33. The van der Waals surface area contributed by atoms with Crippen molar-refractivity contribution in [3.63, 3.8) is 0 Å². The fourth-order valence-corrected chi connectivity index (χ4v) is 0.904. The van der Waals surface area contributed by atoms with Crippen molar-refractivity contribution in [2.45, 2.75) is 34.6 Å². The van der Waals surface area contributed by atoms with Crippen LogP contribution < -0.4 is 4.74 Å². The van der Waals surface area contributed by atoms with Crippen molar-refractivity contribution >= 4 is 0 Å². The van der Waals surface area contributed by atoms with E-state index in [4.69, 9.17) is 10.00 Å². The molecule has 1 aromatic carbocycles. The fourth-order valence-electron chi connectivity index (χ4n) is 0.904. The molecule has 0 bridgehead atoms. The van der Waals surface area contributed by atoms with Gasteiger partial charge in [-0.3, -0.25) is 0 Å². The van der Waals surface area contributed by atoms with Gasteiger partial charge in [0.25, 0.3) is 0 Å². The predicted octanol–water partition coefficient (Wildman–Crippen LogP) is 4.09. The Morgan fingerprint density at radius 2 is 1.81 bits per heavy atom. The highest BCUT2D eigenvalue weighted by Gasteiger charge is 2.04. The van der Waals surface area contributed by atoms with Gasteiger partial charge in [0.15, 0.2) is 18.2 Å². The maximum Gasteiger partial charge on any atom is 0.174 e. The summed E-state index contributed by atoms with van der Waals surface area (Å²) >= 11 is 0. The standard InChI is InChI=1S/C9H8FNO.2C2H6/c1-7-3-2-4-8(10)9(7)12-6-5-11;2*1-2/h2-4H,6H2,1H3;2*1-2H3. The second-order valence-electron chi connectivity index (χ2n) is 2.33. The zero-order valence-electron chi connectivity index (χ0n) is 10.7. The summed E-state index contributed by atoms with van der Waals surface area (Å²) in [7, 11) is 0. The minimum Gasteiger partial charge on any atom is -0.475 e. The van der Waals surface area contributed by atoms with Crippen LogP contribution in [0.25, 0.3) is 0 Å². The van der Waals surface area contributed by atoms with Gasteiger partial charge in [0.05, 0.1) is 0 Å². The largest absolute Gasteiger partial charge is 0.475 e. The van der Waals surface area contributed by atoms with Gasteiger partial charge >= 0.3 is 0 Å². The lowest BCUT2D eigenvalue weighted by atomic mass is 10.2. The summed E-state index contributed by atoms with van der Waals surface area (Å²) < 4.78 is 17.8. The molecule has 0 atom stereocenters. The molecule has 0 fully saturated rings. The number of nitrogens with zero attached hydrogens (tertiary/aromatic N) is 1. The van der Waals surface area contributed by atoms with E-state index in [1.807, 2.05) is 27.7 Å². The van der Waals surface area contributed by atoms with Crippen LogP contribution in [-0.4, -0.2) is 6.61 Å². The van der Waals surface area contributed by atoms with Gasteiger partial charge in [0, 0.05) is 0 Å². The molecule has 0 radical (unpaired) electrons. The van der Waals surface area contributed by atoms with Crippen LogP contribution in [-0.2, 0) is 0 Å². The highest BCUT2D eigenvalue weighted by Crippen LogP contribution is 2.20. The third-order valence-electron chi connectivity index (χ3n) is 1.44. The zero-order valence-corrected chi connectivity index (χ0v) is 10.7. The molecule has 90 valence electrons. The summed E-state index contributed by atoms with van der Waals surface area (Å²) in [5.41, 5.74) is 0.699. The summed E-state index contributed by atoms with van der Waals surface area (Å²) in [6.07, 6.45) is 0. The lowest BCUT2D eigenvalue weighted by molar-refractivity contribution is 0.343. The molecule has 3 heteroatoms. The topological polar surface area (TPSA) is 33.0 Å². The van der Waals surface area contributed by atoms with Crippen LogP contribution in [0.4, 0.5) is 4.39 Å². The Kier molecular flexibility index (Phi) is 12.1. The van der Waals surface area contributed by atoms with Crippen LogP contribution in [0.15, 0.2) is 18.2 Å². The van der Waals surface area contributed by atoms with Gasteiger partial charge in [-0.2, -0.15) is 5.26 Å². The summed E-state index contributed by atoms with van der Waals surface area (Å²) in [6, 6.07) is 6.42. The smallest absolute Gasteiger partial charge is 0.174 e. The Balaban J connectivity index is 0. The third kappa shape index (κ3) is 6.02. The normalized spacial score (nSPS) is 7.56. The van der Waals surface area contributed by atoms with Gasteiger partial charge in [-0.25, -0.2) is 4.39 Å². The summed E-state index contributed by atoms with van der Waals surface area (Å²) in [5, 5.41) is 8.21. The number of aryl methyl sites for hydroxylation is 1. The van der Waals surface area contributed by atoms with Crippen molar-refractivity contribution < 1.29 is 9.13 Å². The van der Waals surface area contributed by atoms with E-state index in [0.717, 1.165) is 0 Å². The molecular weight excluding hydrogens is 205 g/mol. The van der Waals surface area contributed by atoms with Crippen LogP contribution in [0.3, 0.4) is 0 Å². The Labute approximate surface area is 97.7 Å². The first kappa shape index (κ1) is 16.9. The van der Waals surface area contributed by atoms with Crippen LogP contribution in [0.2, 0.25) is 0 Å². The minimum absolute atomic E-state index is 0.123. The van der Waals surface area contributed by atoms with Crippen LogP contribution in [0.5, 0.6) is 5.75 Å². The molecule has 0 heterocycles. The number of nitriles is 1. The van der Waals surface area contributed by atoms with Crippen molar-refractivity contribution in [3.05, 3.63) is 29.6 Å². The highest BCUT2D eigenvalue weighted by molar-refractivity contribution is 5.33. The number of benzene rings is 1. The molecule has 0 saturated heterocycles. The molecule has 0 aliphatic rings. The molecule has 0 aromatic heterocycles. The second kappa shape index (κ2) is 11.5. The molecule has 0 unspecified atom stereocenters. The van der Waals surface area contributed by atoms with Crippen molar-refractivity contribution in [2.24, 2.45) is 0 Å². The summed E-state index contributed by atoms with van der Waals surface area (Å²) in [4.78, 5) is 0. The monoisotopic (exact) mass is 225 g/mol. The van der Waals surface area contributed by atoms with Gasteiger partial charge in [-0.1, -0.05) is 39.8 Å². The first-order valence-corrected chi connectivity index (χ1v) is 5.50. The molecule has 0 aliphatic heterocycles. The number of hydrogen-bond acceptors (Lipinski definition) is 2. The first-order chi connectivity index (χ1) is 7.75. The Hall–Kier alpha value is -1.56. The average Bonchev–Trinajstić information content (AvgIpc) is 2.34. The third-order valence-corrected chi connectivity index (χ3v) is 1.44. The van der Waals surface area contributed by atoms with E-state index < -0.39 is 5.82 Å². The number of halogens is 1. The highest BCUT2D eigenvalue weighted by atomic mass is 19.1. The molecule has 0 N–H and O–H groups in total. The fraction of sp³-hybridized carbons (Fsp3) is 0.462. The summed E-state index contributed by atoms with van der Waals surface area (Å²) in [5.74, 6) is -0.260. The van der Waals surface area contributed by atoms with E-state index >= 15 is 0 Å². The average molecular weight is 225 g/mol.